The minimum absolute atomic E-state index is 0.547. The largest absolute Gasteiger partial charge is 0.301 e. The lowest BCUT2D eigenvalue weighted by molar-refractivity contribution is 0.206. The molecule has 0 rings (SSSR count). The summed E-state index contributed by atoms with van der Waals surface area (Å²) in [6.07, 6.45) is 5.39. The van der Waals surface area contributed by atoms with Crippen molar-refractivity contribution in [3.05, 3.63) is 0 Å². The Kier molecular flexibility index (Phi) is 7.25. The SMILES string of the molecule is CCCC(C)(C)CCCN(CC)C(C)C. The van der Waals surface area contributed by atoms with Gasteiger partial charge in [0.15, 0.2) is 0 Å². The Labute approximate surface area is 97.2 Å². The number of hydrogen-bond donors (Lipinski definition) is 0. The van der Waals surface area contributed by atoms with Crippen LogP contribution in [0, 0.1) is 5.41 Å². The van der Waals surface area contributed by atoms with Crippen LogP contribution in [0.5, 0.6) is 0 Å². The molecule has 0 amide bonds. The second-order valence-electron chi connectivity index (χ2n) is 5.74. The normalized spacial score (nSPS) is 12.8. The summed E-state index contributed by atoms with van der Waals surface area (Å²) in [7, 11) is 0. The third-order valence-electron chi connectivity index (χ3n) is 3.36. The number of rotatable bonds is 8. The summed E-state index contributed by atoms with van der Waals surface area (Å²) in [5.41, 5.74) is 0.547. The molecular weight excluding hydrogens is 182 g/mol. The number of hydrogen-bond acceptors (Lipinski definition) is 1. The predicted octanol–water partition coefficient (Wildman–Crippen LogP) is 4.32. The molecule has 92 valence electrons. The van der Waals surface area contributed by atoms with E-state index in [9.17, 15) is 0 Å². The third-order valence-corrected chi connectivity index (χ3v) is 3.36. The maximum Gasteiger partial charge on any atom is 0.00384 e. The van der Waals surface area contributed by atoms with Crippen molar-refractivity contribution in [3.8, 4) is 0 Å². The predicted molar refractivity (Wildman–Crippen MR) is 70.3 cm³/mol. The van der Waals surface area contributed by atoms with E-state index in [4.69, 9.17) is 0 Å². The minimum atomic E-state index is 0.547. The molecule has 0 N–H and O–H groups in total. The summed E-state index contributed by atoms with van der Waals surface area (Å²) in [4.78, 5) is 2.56. The van der Waals surface area contributed by atoms with Gasteiger partial charge in [-0.15, -0.1) is 0 Å². The van der Waals surface area contributed by atoms with E-state index in [2.05, 4.69) is 46.4 Å². The molecule has 0 saturated heterocycles. The molecular formula is C14H31N. The molecule has 0 aliphatic rings. The van der Waals surface area contributed by atoms with E-state index in [1.807, 2.05) is 0 Å². The first-order chi connectivity index (χ1) is 6.93. The Morgan fingerprint density at radius 2 is 1.67 bits per heavy atom. The van der Waals surface area contributed by atoms with Gasteiger partial charge >= 0.3 is 0 Å². The first-order valence-electron chi connectivity index (χ1n) is 6.67. The zero-order chi connectivity index (χ0) is 11.9. The molecule has 0 aromatic rings. The molecule has 0 radical (unpaired) electrons. The summed E-state index contributed by atoms with van der Waals surface area (Å²) in [5.74, 6) is 0. The van der Waals surface area contributed by atoms with Gasteiger partial charge in [0.2, 0.25) is 0 Å². The Morgan fingerprint density at radius 3 is 2.07 bits per heavy atom. The van der Waals surface area contributed by atoms with Crippen molar-refractivity contribution in [2.75, 3.05) is 13.1 Å². The van der Waals surface area contributed by atoms with Gasteiger partial charge in [-0.25, -0.2) is 0 Å². The average molecular weight is 213 g/mol. The lowest BCUT2D eigenvalue weighted by Gasteiger charge is -2.28. The van der Waals surface area contributed by atoms with Crippen LogP contribution < -0.4 is 0 Å². The van der Waals surface area contributed by atoms with Crippen molar-refractivity contribution < 1.29 is 0 Å². The second-order valence-corrected chi connectivity index (χ2v) is 5.74. The first-order valence-corrected chi connectivity index (χ1v) is 6.67. The van der Waals surface area contributed by atoms with E-state index in [0.29, 0.717) is 11.5 Å². The van der Waals surface area contributed by atoms with Crippen molar-refractivity contribution in [3.63, 3.8) is 0 Å². The van der Waals surface area contributed by atoms with Crippen LogP contribution in [0.2, 0.25) is 0 Å². The molecule has 0 aromatic carbocycles. The van der Waals surface area contributed by atoms with Gasteiger partial charge in [-0.1, -0.05) is 34.1 Å². The van der Waals surface area contributed by atoms with E-state index in [1.165, 1.54) is 38.8 Å². The van der Waals surface area contributed by atoms with Gasteiger partial charge < -0.3 is 4.90 Å². The molecule has 0 fully saturated rings. The van der Waals surface area contributed by atoms with Crippen molar-refractivity contribution in [1.82, 2.24) is 4.90 Å². The highest BCUT2D eigenvalue weighted by Gasteiger charge is 2.16. The smallest absolute Gasteiger partial charge is 0.00384 e. The second kappa shape index (κ2) is 7.27. The van der Waals surface area contributed by atoms with Crippen molar-refractivity contribution in [1.29, 1.82) is 0 Å². The third kappa shape index (κ3) is 6.94. The molecule has 0 bridgehead atoms. The van der Waals surface area contributed by atoms with Crippen molar-refractivity contribution in [2.45, 2.75) is 73.3 Å². The standard InChI is InChI=1S/C14H31N/c1-7-10-14(5,6)11-9-12-15(8-2)13(3)4/h13H,7-12H2,1-6H3. The van der Waals surface area contributed by atoms with Crippen LogP contribution in [0.3, 0.4) is 0 Å². The summed E-state index contributed by atoms with van der Waals surface area (Å²) in [6, 6.07) is 0.698. The van der Waals surface area contributed by atoms with E-state index in [-0.39, 0.29) is 0 Å². The Morgan fingerprint density at radius 1 is 1.07 bits per heavy atom. The zero-order valence-electron chi connectivity index (χ0n) is 11.8. The summed E-state index contributed by atoms with van der Waals surface area (Å²) in [5, 5.41) is 0. The Hall–Kier alpha value is -0.0400. The lowest BCUT2D eigenvalue weighted by Crippen LogP contribution is -2.32. The fourth-order valence-electron chi connectivity index (χ4n) is 2.34. The highest BCUT2D eigenvalue weighted by molar-refractivity contribution is 4.69. The van der Waals surface area contributed by atoms with Gasteiger partial charge in [-0.05, 0) is 51.6 Å². The first kappa shape index (κ1) is 15.0. The van der Waals surface area contributed by atoms with Crippen LogP contribution in [0.15, 0.2) is 0 Å². The monoisotopic (exact) mass is 213 g/mol. The maximum atomic E-state index is 2.56. The van der Waals surface area contributed by atoms with Crippen LogP contribution in [0.4, 0.5) is 0 Å². The van der Waals surface area contributed by atoms with Crippen LogP contribution in [0.25, 0.3) is 0 Å². The van der Waals surface area contributed by atoms with E-state index in [0.717, 1.165) is 0 Å². The van der Waals surface area contributed by atoms with Crippen LogP contribution in [0.1, 0.15) is 67.2 Å². The minimum Gasteiger partial charge on any atom is -0.301 e. The quantitative estimate of drug-likeness (QED) is 0.580. The van der Waals surface area contributed by atoms with Gasteiger partial charge in [-0.3, -0.25) is 0 Å². The van der Waals surface area contributed by atoms with E-state index in [1.54, 1.807) is 0 Å². The highest BCUT2D eigenvalue weighted by Crippen LogP contribution is 2.28. The Balaban J connectivity index is 3.76. The summed E-state index contributed by atoms with van der Waals surface area (Å²) in [6.45, 7) is 16.4. The molecule has 0 saturated carbocycles. The summed E-state index contributed by atoms with van der Waals surface area (Å²) >= 11 is 0. The lowest BCUT2D eigenvalue weighted by atomic mass is 9.83. The molecule has 0 aliphatic carbocycles. The van der Waals surface area contributed by atoms with E-state index >= 15 is 0 Å². The van der Waals surface area contributed by atoms with E-state index < -0.39 is 0 Å². The highest BCUT2D eigenvalue weighted by atomic mass is 15.1. The average Bonchev–Trinajstić information content (AvgIpc) is 2.11. The number of nitrogens with zero attached hydrogens (tertiary/aromatic N) is 1. The zero-order valence-corrected chi connectivity index (χ0v) is 11.8. The maximum absolute atomic E-state index is 2.56. The fraction of sp³-hybridized carbons (Fsp3) is 1.00. The molecule has 0 atom stereocenters. The van der Waals surface area contributed by atoms with Crippen molar-refractivity contribution in [2.24, 2.45) is 5.41 Å². The van der Waals surface area contributed by atoms with Gasteiger partial charge in [-0.2, -0.15) is 0 Å². The Bertz CT molecular complexity index is 149. The molecule has 0 heterocycles. The van der Waals surface area contributed by atoms with Gasteiger partial charge in [0.25, 0.3) is 0 Å². The van der Waals surface area contributed by atoms with Gasteiger partial charge in [0.05, 0.1) is 0 Å². The molecule has 1 nitrogen and oxygen atoms in total. The molecule has 15 heavy (non-hydrogen) atoms. The molecule has 0 spiro atoms. The van der Waals surface area contributed by atoms with Gasteiger partial charge in [0, 0.05) is 6.04 Å². The topological polar surface area (TPSA) is 3.24 Å². The van der Waals surface area contributed by atoms with Crippen LogP contribution in [-0.2, 0) is 0 Å². The molecule has 0 aliphatic heterocycles. The van der Waals surface area contributed by atoms with Crippen molar-refractivity contribution >= 4 is 0 Å². The fourth-order valence-corrected chi connectivity index (χ4v) is 2.34. The molecule has 1 heteroatoms. The van der Waals surface area contributed by atoms with Crippen LogP contribution in [-0.4, -0.2) is 24.0 Å². The van der Waals surface area contributed by atoms with Gasteiger partial charge in [0.1, 0.15) is 0 Å². The summed E-state index contributed by atoms with van der Waals surface area (Å²) < 4.78 is 0. The molecule has 0 unspecified atom stereocenters. The van der Waals surface area contributed by atoms with Crippen LogP contribution >= 0.6 is 0 Å². The molecule has 0 aromatic heterocycles.